The summed E-state index contributed by atoms with van der Waals surface area (Å²) in [5, 5.41) is 21.5. The lowest BCUT2D eigenvalue weighted by Gasteiger charge is -2.63. The highest BCUT2D eigenvalue weighted by Gasteiger charge is 2.80. The molecule has 6 rings (SSSR count). The molecule has 2 N–H and O–H groups in total. The van der Waals surface area contributed by atoms with Crippen LogP contribution in [0.1, 0.15) is 49.2 Å². The Kier molecular flexibility index (Phi) is 5.20. The van der Waals surface area contributed by atoms with Crippen molar-refractivity contribution in [1.82, 2.24) is 0 Å². The number of hydrogen-bond donors (Lipinski definition) is 2. The first kappa shape index (κ1) is 24.6. The van der Waals surface area contributed by atoms with Crippen LogP contribution >= 0.6 is 11.3 Å². The van der Waals surface area contributed by atoms with Crippen molar-refractivity contribution < 1.29 is 38.1 Å². The molecule has 194 valence electrons. The van der Waals surface area contributed by atoms with E-state index >= 15 is 8.78 Å². The van der Waals surface area contributed by atoms with E-state index in [4.69, 9.17) is 9.47 Å². The highest BCUT2D eigenvalue weighted by atomic mass is 32.1. The fraction of sp³-hybridized carbons (Fsp3) is 0.630. The third kappa shape index (κ3) is 2.73. The highest BCUT2D eigenvalue weighted by molar-refractivity contribution is 7.11. The van der Waals surface area contributed by atoms with E-state index in [2.05, 4.69) is 0 Å². The lowest BCUT2D eigenvalue weighted by atomic mass is 9.44. The maximum absolute atomic E-state index is 17.3. The van der Waals surface area contributed by atoms with Crippen molar-refractivity contribution in [2.75, 3.05) is 6.61 Å². The molecule has 0 amide bonds. The van der Waals surface area contributed by atoms with Crippen LogP contribution in [0.2, 0.25) is 0 Å². The number of thiophene rings is 1. The van der Waals surface area contributed by atoms with Crippen LogP contribution in [0.15, 0.2) is 35.9 Å². The molecule has 1 aromatic heterocycles. The van der Waals surface area contributed by atoms with E-state index in [0.29, 0.717) is 0 Å². The van der Waals surface area contributed by atoms with E-state index < -0.39 is 76.8 Å². The molecule has 1 aromatic rings. The zero-order valence-corrected chi connectivity index (χ0v) is 21.2. The molecular formula is C27H30F2O6S. The summed E-state index contributed by atoms with van der Waals surface area (Å²) in [4.78, 5) is 27.3. The van der Waals surface area contributed by atoms with Crippen LogP contribution in [0, 0.1) is 29.6 Å². The molecule has 0 spiro atoms. The second-order valence-corrected chi connectivity index (χ2v) is 12.8. The first-order valence-corrected chi connectivity index (χ1v) is 13.2. The molecule has 1 saturated heterocycles. The predicted molar refractivity (Wildman–Crippen MR) is 127 cm³/mol. The van der Waals surface area contributed by atoms with Gasteiger partial charge in [0, 0.05) is 21.6 Å². The summed E-state index contributed by atoms with van der Waals surface area (Å²) in [7, 11) is 0. The second kappa shape index (κ2) is 7.63. The minimum Gasteiger partial charge on any atom is -0.390 e. The Labute approximate surface area is 212 Å². The maximum atomic E-state index is 17.3. The fourth-order valence-corrected chi connectivity index (χ4v) is 9.12. The van der Waals surface area contributed by atoms with Gasteiger partial charge < -0.3 is 19.7 Å². The molecule has 0 radical (unpaired) electrons. The number of alkyl halides is 2. The molecular weight excluding hydrogens is 490 g/mol. The molecule has 0 unspecified atom stereocenters. The van der Waals surface area contributed by atoms with Crippen molar-refractivity contribution in [1.29, 1.82) is 0 Å². The first-order valence-electron chi connectivity index (χ1n) is 12.4. The van der Waals surface area contributed by atoms with Crippen LogP contribution in [0.4, 0.5) is 8.78 Å². The lowest BCUT2D eigenvalue weighted by Crippen LogP contribution is -2.70. The molecule has 4 fully saturated rings. The van der Waals surface area contributed by atoms with Crippen LogP contribution in [-0.2, 0) is 19.1 Å². The molecule has 1 aliphatic heterocycles. The van der Waals surface area contributed by atoms with Gasteiger partial charge in [0.2, 0.25) is 0 Å². The van der Waals surface area contributed by atoms with Crippen LogP contribution in [-0.4, -0.2) is 58.0 Å². The highest BCUT2D eigenvalue weighted by Crippen LogP contribution is 2.72. The Hall–Kier alpha value is -1.78. The number of Topliss-reactive ketones (excluding diaryl/α,β-unsaturated/α-hetero) is 1. The van der Waals surface area contributed by atoms with Crippen molar-refractivity contribution in [3.63, 3.8) is 0 Å². The van der Waals surface area contributed by atoms with E-state index in [9.17, 15) is 19.8 Å². The van der Waals surface area contributed by atoms with Gasteiger partial charge in [0.05, 0.1) is 17.1 Å². The zero-order chi connectivity index (χ0) is 25.8. The van der Waals surface area contributed by atoms with Gasteiger partial charge in [-0.2, -0.15) is 0 Å². The number of aliphatic hydroxyl groups excluding tert-OH is 2. The summed E-state index contributed by atoms with van der Waals surface area (Å²) < 4.78 is 45.6. The van der Waals surface area contributed by atoms with Gasteiger partial charge >= 0.3 is 0 Å². The van der Waals surface area contributed by atoms with Gasteiger partial charge in [-0.05, 0) is 68.9 Å². The minimum absolute atomic E-state index is 0.0522. The van der Waals surface area contributed by atoms with Gasteiger partial charge in [-0.15, -0.1) is 11.3 Å². The Balaban J connectivity index is 1.45. The molecule has 2 heterocycles. The van der Waals surface area contributed by atoms with Gasteiger partial charge in [0.25, 0.3) is 0 Å². The number of aryl methyl sites for hydroxylation is 1. The summed E-state index contributed by atoms with van der Waals surface area (Å²) in [6.07, 6.45) is -1.07. The summed E-state index contributed by atoms with van der Waals surface area (Å²) in [6, 6.07) is 3.79. The number of allylic oxidation sites excluding steroid dienone is 4. The Morgan fingerprint density at radius 1 is 1.25 bits per heavy atom. The third-order valence-electron chi connectivity index (χ3n) is 9.92. The number of hydrogen-bond acceptors (Lipinski definition) is 7. The fourth-order valence-electron chi connectivity index (χ4n) is 8.27. The lowest BCUT2D eigenvalue weighted by molar-refractivity contribution is -0.234. The molecule has 3 saturated carbocycles. The average molecular weight is 521 g/mol. The molecule has 36 heavy (non-hydrogen) atoms. The van der Waals surface area contributed by atoms with E-state index in [-0.39, 0.29) is 24.8 Å². The van der Waals surface area contributed by atoms with Crippen LogP contribution in [0.5, 0.6) is 0 Å². The maximum Gasteiger partial charge on any atom is 0.194 e. The molecule has 6 nitrogen and oxygen atoms in total. The number of carbonyl (C=O) groups excluding carboxylic acids is 2. The number of ether oxygens (including phenoxy) is 2. The average Bonchev–Trinajstić information content (AvgIpc) is 3.49. The normalized spacial score (nSPS) is 49.2. The van der Waals surface area contributed by atoms with Gasteiger partial charge in [-0.1, -0.05) is 13.0 Å². The summed E-state index contributed by atoms with van der Waals surface area (Å²) in [5.74, 6) is -2.49. The molecule has 0 bridgehead atoms. The van der Waals surface area contributed by atoms with Gasteiger partial charge in [0.15, 0.2) is 29.1 Å². The predicted octanol–water partition coefficient (Wildman–Crippen LogP) is 3.70. The summed E-state index contributed by atoms with van der Waals surface area (Å²) >= 11 is 1.48. The van der Waals surface area contributed by atoms with Crippen molar-refractivity contribution in [2.45, 2.75) is 76.0 Å². The van der Waals surface area contributed by atoms with Crippen molar-refractivity contribution in [2.24, 2.45) is 22.7 Å². The zero-order valence-electron chi connectivity index (χ0n) is 20.4. The van der Waals surface area contributed by atoms with Crippen LogP contribution in [0.3, 0.4) is 0 Å². The number of ketones is 2. The first-order chi connectivity index (χ1) is 16.9. The second-order valence-electron chi connectivity index (χ2n) is 11.4. The minimum atomic E-state index is -2.25. The molecule has 4 aliphatic carbocycles. The van der Waals surface area contributed by atoms with Crippen molar-refractivity contribution in [3.8, 4) is 0 Å². The van der Waals surface area contributed by atoms with E-state index in [1.165, 1.54) is 23.5 Å². The Bertz CT molecular complexity index is 1210. The number of fused-ring (bicyclic) bond motifs is 7. The van der Waals surface area contributed by atoms with Crippen LogP contribution < -0.4 is 0 Å². The van der Waals surface area contributed by atoms with Gasteiger partial charge in [-0.25, -0.2) is 8.78 Å². The number of carbonyl (C=O) groups is 2. The smallest absolute Gasteiger partial charge is 0.194 e. The van der Waals surface area contributed by atoms with E-state index in [1.54, 1.807) is 13.8 Å². The van der Waals surface area contributed by atoms with E-state index in [1.807, 2.05) is 19.1 Å². The quantitative estimate of drug-likeness (QED) is 0.632. The largest absolute Gasteiger partial charge is 0.390 e. The van der Waals surface area contributed by atoms with Crippen molar-refractivity contribution >= 4 is 22.9 Å². The standard InChI is InChI=1S/C27H30F2O6S/c1-13-4-5-19(36-13)23-34-22-10-15-16-9-18(28)17-8-14(31)6-7-24(17,2)26(16,29)20(32)11-25(15,3)27(22,35-23)21(33)12-30/h4-8,15-16,18,20,22-23,30,32H,9-12H2,1-3H3/t15-,16-,18-,20-,22+,23+,24-,25-,26-,27+/m0/s1. The number of aliphatic hydroxyl groups is 2. The Morgan fingerprint density at radius 3 is 2.67 bits per heavy atom. The monoisotopic (exact) mass is 520 g/mol. The molecule has 9 heteroatoms. The topological polar surface area (TPSA) is 93.1 Å². The third-order valence-corrected chi connectivity index (χ3v) is 10.9. The Morgan fingerprint density at radius 2 is 2.00 bits per heavy atom. The van der Waals surface area contributed by atoms with Gasteiger partial charge in [0.1, 0.15) is 12.8 Å². The van der Waals surface area contributed by atoms with Crippen LogP contribution in [0.25, 0.3) is 0 Å². The summed E-state index contributed by atoms with van der Waals surface area (Å²) in [6.45, 7) is 4.47. The molecule has 0 aromatic carbocycles. The SMILES string of the molecule is Cc1ccc([C@@H]2O[C@@H]3C[C@H]4[C@@H]5C[C@H](F)C6=CC(=O)C=C[C@]6(C)[C@@]5(F)[C@@H](O)C[C@]4(C)[C@]3(C(=O)CO)O2)s1. The van der Waals surface area contributed by atoms with E-state index in [0.717, 1.165) is 15.8 Å². The molecule has 5 aliphatic rings. The van der Waals surface area contributed by atoms with Crippen molar-refractivity contribution in [3.05, 3.63) is 45.7 Å². The summed E-state index contributed by atoms with van der Waals surface area (Å²) in [5.41, 5.74) is -6.41. The molecule has 10 atom stereocenters. The number of halogens is 2. The van der Waals surface area contributed by atoms with Gasteiger partial charge in [-0.3, -0.25) is 9.59 Å². The number of rotatable bonds is 3.